The van der Waals surface area contributed by atoms with Crippen molar-refractivity contribution in [1.29, 1.82) is 0 Å². The monoisotopic (exact) mass is 252 g/mol. The summed E-state index contributed by atoms with van der Waals surface area (Å²) in [5.41, 5.74) is 1.08. The second kappa shape index (κ2) is 7.71. The summed E-state index contributed by atoms with van der Waals surface area (Å²) >= 11 is 0. The Hall–Kier alpha value is -1.55. The standard InChI is InChI=1S/C14H20O4/c1-4-14(15)18-13(10-16-2)9-11-5-7-12(17-3)8-6-11/h5-8,13H,4,9-10H2,1-3H3/t13-/m0/s1. The second-order valence-electron chi connectivity index (χ2n) is 3.97. The van der Waals surface area contributed by atoms with Crippen molar-refractivity contribution < 1.29 is 19.0 Å². The lowest BCUT2D eigenvalue weighted by Crippen LogP contribution is -2.25. The van der Waals surface area contributed by atoms with Crippen molar-refractivity contribution in [2.45, 2.75) is 25.9 Å². The van der Waals surface area contributed by atoms with Crippen LogP contribution < -0.4 is 4.74 Å². The Labute approximate surface area is 108 Å². The van der Waals surface area contributed by atoms with Crippen molar-refractivity contribution >= 4 is 5.97 Å². The fraction of sp³-hybridized carbons (Fsp3) is 0.500. The molecule has 4 heteroatoms. The number of methoxy groups -OCH3 is 2. The fourth-order valence-electron chi connectivity index (χ4n) is 1.61. The molecule has 1 aromatic carbocycles. The first-order valence-corrected chi connectivity index (χ1v) is 6.01. The van der Waals surface area contributed by atoms with Gasteiger partial charge >= 0.3 is 5.97 Å². The second-order valence-corrected chi connectivity index (χ2v) is 3.97. The lowest BCUT2D eigenvalue weighted by atomic mass is 10.1. The quantitative estimate of drug-likeness (QED) is 0.698. The van der Waals surface area contributed by atoms with Crippen LogP contribution in [-0.2, 0) is 20.7 Å². The molecule has 0 unspecified atom stereocenters. The first-order chi connectivity index (χ1) is 8.69. The van der Waals surface area contributed by atoms with Crippen LogP contribution >= 0.6 is 0 Å². The van der Waals surface area contributed by atoms with E-state index >= 15 is 0 Å². The summed E-state index contributed by atoms with van der Waals surface area (Å²) in [6, 6.07) is 7.70. The molecule has 0 aliphatic rings. The molecule has 0 spiro atoms. The van der Waals surface area contributed by atoms with E-state index < -0.39 is 0 Å². The van der Waals surface area contributed by atoms with Crippen LogP contribution in [-0.4, -0.2) is 32.9 Å². The molecule has 0 bridgehead atoms. The number of esters is 1. The highest BCUT2D eigenvalue weighted by Crippen LogP contribution is 2.14. The Balaban J connectivity index is 2.60. The molecule has 0 aliphatic carbocycles. The molecule has 0 heterocycles. The Morgan fingerprint density at radius 2 is 1.89 bits per heavy atom. The molecule has 0 saturated carbocycles. The van der Waals surface area contributed by atoms with Crippen molar-refractivity contribution in [2.75, 3.05) is 20.8 Å². The maximum absolute atomic E-state index is 11.3. The van der Waals surface area contributed by atoms with E-state index in [1.165, 1.54) is 0 Å². The lowest BCUT2D eigenvalue weighted by molar-refractivity contribution is -0.151. The largest absolute Gasteiger partial charge is 0.497 e. The van der Waals surface area contributed by atoms with Crippen LogP contribution in [0.15, 0.2) is 24.3 Å². The molecule has 4 nitrogen and oxygen atoms in total. The molecule has 1 atom stereocenters. The molecule has 18 heavy (non-hydrogen) atoms. The molecule has 0 amide bonds. The van der Waals surface area contributed by atoms with Crippen LogP contribution in [0.25, 0.3) is 0 Å². The molecule has 0 aromatic heterocycles. The Kier molecular flexibility index (Phi) is 6.22. The van der Waals surface area contributed by atoms with Crippen LogP contribution in [0.3, 0.4) is 0 Å². The van der Waals surface area contributed by atoms with E-state index in [-0.39, 0.29) is 12.1 Å². The van der Waals surface area contributed by atoms with E-state index in [1.54, 1.807) is 21.1 Å². The minimum atomic E-state index is -0.240. The number of carbonyl (C=O) groups excluding carboxylic acids is 1. The smallest absolute Gasteiger partial charge is 0.305 e. The molecule has 0 radical (unpaired) electrons. The van der Waals surface area contributed by atoms with Gasteiger partial charge in [0.05, 0.1) is 13.7 Å². The molecular weight excluding hydrogens is 232 g/mol. The zero-order valence-corrected chi connectivity index (χ0v) is 11.1. The zero-order chi connectivity index (χ0) is 13.4. The van der Waals surface area contributed by atoms with Crippen molar-refractivity contribution in [3.05, 3.63) is 29.8 Å². The number of hydrogen-bond acceptors (Lipinski definition) is 4. The molecule has 1 aromatic rings. The topological polar surface area (TPSA) is 44.8 Å². The zero-order valence-electron chi connectivity index (χ0n) is 11.1. The van der Waals surface area contributed by atoms with Gasteiger partial charge in [-0.1, -0.05) is 19.1 Å². The highest BCUT2D eigenvalue weighted by atomic mass is 16.6. The van der Waals surface area contributed by atoms with Gasteiger partial charge in [0.15, 0.2) is 0 Å². The van der Waals surface area contributed by atoms with Gasteiger partial charge in [0.25, 0.3) is 0 Å². The van der Waals surface area contributed by atoms with Crippen LogP contribution in [0, 0.1) is 0 Å². The number of carbonyl (C=O) groups is 1. The van der Waals surface area contributed by atoms with Gasteiger partial charge in [0.2, 0.25) is 0 Å². The third kappa shape index (κ3) is 4.75. The first kappa shape index (κ1) is 14.5. The summed E-state index contributed by atoms with van der Waals surface area (Å²) < 4.78 is 15.5. The predicted octanol–water partition coefficient (Wildman–Crippen LogP) is 2.21. The number of benzene rings is 1. The minimum absolute atomic E-state index is 0.203. The SMILES string of the molecule is CCC(=O)O[C@H](COC)Cc1ccc(OC)cc1. The predicted molar refractivity (Wildman–Crippen MR) is 68.7 cm³/mol. The average molecular weight is 252 g/mol. The molecule has 0 fully saturated rings. The normalized spacial score (nSPS) is 11.9. The Morgan fingerprint density at radius 1 is 1.22 bits per heavy atom. The van der Waals surface area contributed by atoms with Crippen molar-refractivity contribution in [3.8, 4) is 5.75 Å². The summed E-state index contributed by atoms with van der Waals surface area (Å²) in [5, 5.41) is 0. The van der Waals surface area contributed by atoms with Crippen LogP contribution in [0.5, 0.6) is 5.75 Å². The van der Waals surface area contributed by atoms with Gasteiger partial charge < -0.3 is 14.2 Å². The van der Waals surface area contributed by atoms with E-state index in [1.807, 2.05) is 24.3 Å². The molecular formula is C14H20O4. The van der Waals surface area contributed by atoms with Gasteiger partial charge in [0.1, 0.15) is 11.9 Å². The van der Waals surface area contributed by atoms with E-state index in [0.717, 1.165) is 11.3 Å². The van der Waals surface area contributed by atoms with Crippen LogP contribution in [0.2, 0.25) is 0 Å². The van der Waals surface area contributed by atoms with Gasteiger partial charge in [-0.3, -0.25) is 4.79 Å². The number of hydrogen-bond donors (Lipinski definition) is 0. The van der Waals surface area contributed by atoms with Crippen molar-refractivity contribution in [2.24, 2.45) is 0 Å². The van der Waals surface area contributed by atoms with Gasteiger partial charge in [-0.15, -0.1) is 0 Å². The number of ether oxygens (including phenoxy) is 3. The fourth-order valence-corrected chi connectivity index (χ4v) is 1.61. The van der Waals surface area contributed by atoms with Gasteiger partial charge in [-0.05, 0) is 17.7 Å². The molecule has 0 N–H and O–H groups in total. The highest BCUT2D eigenvalue weighted by Gasteiger charge is 2.14. The third-order valence-electron chi connectivity index (χ3n) is 2.56. The molecule has 100 valence electrons. The maximum Gasteiger partial charge on any atom is 0.305 e. The van der Waals surface area contributed by atoms with Crippen molar-refractivity contribution in [3.63, 3.8) is 0 Å². The minimum Gasteiger partial charge on any atom is -0.497 e. The first-order valence-electron chi connectivity index (χ1n) is 6.01. The summed E-state index contributed by atoms with van der Waals surface area (Å²) in [6.07, 6.45) is 0.780. The van der Waals surface area contributed by atoms with Gasteiger partial charge in [-0.2, -0.15) is 0 Å². The number of rotatable bonds is 7. The summed E-state index contributed by atoms with van der Waals surface area (Å²) in [6.45, 7) is 2.18. The highest BCUT2D eigenvalue weighted by molar-refractivity contribution is 5.69. The Bertz CT molecular complexity index is 359. The van der Waals surface area contributed by atoms with Crippen molar-refractivity contribution in [1.82, 2.24) is 0 Å². The van der Waals surface area contributed by atoms with E-state index in [0.29, 0.717) is 19.4 Å². The van der Waals surface area contributed by atoms with E-state index in [9.17, 15) is 4.79 Å². The molecule has 0 saturated heterocycles. The molecule has 0 aliphatic heterocycles. The third-order valence-corrected chi connectivity index (χ3v) is 2.56. The summed E-state index contributed by atoms with van der Waals surface area (Å²) in [7, 11) is 3.23. The van der Waals surface area contributed by atoms with E-state index in [2.05, 4.69) is 0 Å². The Morgan fingerprint density at radius 3 is 2.39 bits per heavy atom. The van der Waals surface area contributed by atoms with Crippen LogP contribution in [0.4, 0.5) is 0 Å². The lowest BCUT2D eigenvalue weighted by Gasteiger charge is -2.17. The van der Waals surface area contributed by atoms with Gasteiger partial charge in [-0.25, -0.2) is 0 Å². The average Bonchev–Trinajstić information content (AvgIpc) is 2.39. The van der Waals surface area contributed by atoms with Crippen LogP contribution in [0.1, 0.15) is 18.9 Å². The summed E-state index contributed by atoms with van der Waals surface area (Å²) in [4.78, 5) is 11.3. The summed E-state index contributed by atoms with van der Waals surface area (Å²) in [5.74, 6) is 0.609. The van der Waals surface area contributed by atoms with E-state index in [4.69, 9.17) is 14.2 Å². The van der Waals surface area contributed by atoms with Gasteiger partial charge in [0, 0.05) is 20.0 Å². The maximum atomic E-state index is 11.3. The molecule has 1 rings (SSSR count).